The molecule has 10 heteroatoms. The van der Waals surface area contributed by atoms with Crippen molar-refractivity contribution in [2.45, 2.75) is 64.0 Å². The average Bonchev–Trinajstić information content (AvgIpc) is 3.12. The number of nitrogens with zero attached hydrogens (tertiary/aromatic N) is 1. The molecule has 5 N–H and O–H groups in total. The van der Waals surface area contributed by atoms with Crippen LogP contribution in [0.3, 0.4) is 0 Å². The zero-order valence-corrected chi connectivity index (χ0v) is 18.7. The number of carbonyl (C=O) groups excluding carboxylic acids is 5. The third kappa shape index (κ3) is 7.67. The average molecular weight is 461 g/mol. The summed E-state index contributed by atoms with van der Waals surface area (Å²) < 4.78 is 0. The number of hydrogen-bond donors (Lipinski definition) is 4. The minimum atomic E-state index is -0.879. The van der Waals surface area contributed by atoms with Gasteiger partial charge in [0.05, 0.1) is 0 Å². The van der Waals surface area contributed by atoms with E-state index in [1.807, 2.05) is 0 Å². The lowest BCUT2D eigenvalue weighted by atomic mass is 10.1. The molecule has 180 valence electrons. The van der Waals surface area contributed by atoms with Gasteiger partial charge in [-0.1, -0.05) is 25.3 Å². The summed E-state index contributed by atoms with van der Waals surface area (Å²) in [7, 11) is 0. The Balaban J connectivity index is 1.82. The molecule has 1 aliphatic rings. The number of nitrogens with one attached hydrogen (secondary N) is 2. The van der Waals surface area contributed by atoms with Crippen molar-refractivity contribution in [1.82, 2.24) is 10.2 Å². The van der Waals surface area contributed by atoms with Gasteiger partial charge < -0.3 is 31.2 Å². The molecule has 0 aromatic heterocycles. The fourth-order valence-corrected chi connectivity index (χ4v) is 3.84. The molecule has 0 saturated heterocycles. The number of carbonyl (C=O) groups is 5. The summed E-state index contributed by atoms with van der Waals surface area (Å²) in [4.78, 5) is 60.0. The molecular formula is C23H32N4O6. The minimum absolute atomic E-state index is 0.120. The molecule has 1 aliphatic heterocycles. The number of unbranched alkanes of at least 4 members (excludes halogenated alkanes) is 4. The van der Waals surface area contributed by atoms with Gasteiger partial charge in [0.2, 0.25) is 17.7 Å². The first-order valence-electron chi connectivity index (χ1n) is 11.2. The maximum Gasteiger partial charge on any atom is 0.255 e. The van der Waals surface area contributed by atoms with Crippen LogP contribution in [0.2, 0.25) is 0 Å². The number of primary amides is 1. The first-order chi connectivity index (χ1) is 15.9. The van der Waals surface area contributed by atoms with E-state index in [1.54, 1.807) is 18.2 Å². The summed E-state index contributed by atoms with van der Waals surface area (Å²) in [6, 6.07) is 4.17. The highest BCUT2D eigenvalue weighted by atomic mass is 16.3. The van der Waals surface area contributed by atoms with Gasteiger partial charge in [0.25, 0.3) is 5.91 Å². The maximum atomic E-state index is 12.8. The van der Waals surface area contributed by atoms with E-state index in [1.165, 1.54) is 4.90 Å². The van der Waals surface area contributed by atoms with E-state index < -0.39 is 18.6 Å². The van der Waals surface area contributed by atoms with E-state index in [0.29, 0.717) is 42.5 Å². The Bertz CT molecular complexity index is 873. The highest BCUT2D eigenvalue weighted by molar-refractivity contribution is 6.03. The Morgan fingerprint density at radius 1 is 1.12 bits per heavy atom. The highest BCUT2D eigenvalue weighted by Gasteiger charge is 2.36. The van der Waals surface area contributed by atoms with Gasteiger partial charge in [-0.3, -0.25) is 19.2 Å². The van der Waals surface area contributed by atoms with Gasteiger partial charge in [0, 0.05) is 42.7 Å². The number of rotatable bonds is 15. The van der Waals surface area contributed by atoms with E-state index in [2.05, 4.69) is 10.6 Å². The summed E-state index contributed by atoms with van der Waals surface area (Å²) in [5.41, 5.74) is 7.04. The maximum absolute atomic E-state index is 12.8. The van der Waals surface area contributed by atoms with Crippen LogP contribution in [0.15, 0.2) is 18.2 Å². The minimum Gasteiger partial charge on any atom is -0.387 e. The molecule has 0 radical (unpaired) electrons. The van der Waals surface area contributed by atoms with Crippen LogP contribution in [0.5, 0.6) is 0 Å². The zero-order valence-electron chi connectivity index (χ0n) is 18.7. The Morgan fingerprint density at radius 2 is 1.85 bits per heavy atom. The van der Waals surface area contributed by atoms with E-state index >= 15 is 0 Å². The first kappa shape index (κ1) is 26.0. The van der Waals surface area contributed by atoms with Crippen LogP contribution in [0.25, 0.3) is 0 Å². The molecule has 33 heavy (non-hydrogen) atoms. The Hall–Kier alpha value is -3.27. The van der Waals surface area contributed by atoms with E-state index in [4.69, 9.17) is 10.8 Å². The third-order valence-corrected chi connectivity index (χ3v) is 5.58. The van der Waals surface area contributed by atoms with Gasteiger partial charge in [0.15, 0.2) is 0 Å². The molecule has 1 aromatic rings. The number of aliphatic hydroxyl groups excluding tert-OH is 1. The summed E-state index contributed by atoms with van der Waals surface area (Å²) in [5.74, 6) is -1.54. The molecule has 1 heterocycles. The van der Waals surface area contributed by atoms with Crippen molar-refractivity contribution in [3.8, 4) is 0 Å². The van der Waals surface area contributed by atoms with Crippen molar-refractivity contribution in [3.05, 3.63) is 29.3 Å². The topological polar surface area (TPSA) is 159 Å². The molecule has 10 nitrogen and oxygen atoms in total. The first-order valence-corrected chi connectivity index (χ1v) is 11.2. The smallest absolute Gasteiger partial charge is 0.255 e. The summed E-state index contributed by atoms with van der Waals surface area (Å²) >= 11 is 0. The van der Waals surface area contributed by atoms with Crippen LogP contribution in [-0.4, -0.2) is 59.1 Å². The molecular weight excluding hydrogens is 428 g/mol. The van der Waals surface area contributed by atoms with Crippen LogP contribution in [0.4, 0.5) is 5.69 Å². The number of fused-ring (bicyclic) bond motifs is 1. The number of anilines is 1. The number of benzene rings is 1. The van der Waals surface area contributed by atoms with Crippen LogP contribution >= 0.6 is 0 Å². The van der Waals surface area contributed by atoms with Crippen LogP contribution in [0, 0.1) is 0 Å². The van der Waals surface area contributed by atoms with E-state index in [-0.39, 0.29) is 37.1 Å². The van der Waals surface area contributed by atoms with Crippen LogP contribution in [-0.2, 0) is 25.7 Å². The monoisotopic (exact) mass is 460 g/mol. The molecule has 0 saturated carbocycles. The van der Waals surface area contributed by atoms with Crippen molar-refractivity contribution in [1.29, 1.82) is 0 Å². The number of hydrogen-bond acceptors (Lipinski definition) is 6. The van der Waals surface area contributed by atoms with Crippen molar-refractivity contribution >= 4 is 35.6 Å². The lowest BCUT2D eigenvalue weighted by Crippen LogP contribution is -2.44. The zero-order chi connectivity index (χ0) is 24.2. The predicted octanol–water partition coefficient (Wildman–Crippen LogP) is 0.863. The molecule has 0 fully saturated rings. The van der Waals surface area contributed by atoms with Gasteiger partial charge in [0.1, 0.15) is 18.9 Å². The number of amides is 4. The molecule has 0 spiro atoms. The fourth-order valence-electron chi connectivity index (χ4n) is 3.84. The number of aliphatic hydroxyl groups is 1. The molecule has 0 aliphatic carbocycles. The second kappa shape index (κ2) is 13.3. The molecule has 1 atom stereocenters. The predicted molar refractivity (Wildman–Crippen MR) is 121 cm³/mol. The van der Waals surface area contributed by atoms with Crippen molar-refractivity contribution in [2.24, 2.45) is 5.73 Å². The Labute approximate surface area is 192 Å². The van der Waals surface area contributed by atoms with Crippen molar-refractivity contribution in [3.63, 3.8) is 0 Å². The lowest BCUT2D eigenvalue weighted by Gasteiger charge is -2.24. The van der Waals surface area contributed by atoms with Gasteiger partial charge >= 0.3 is 0 Å². The Kier molecular flexibility index (Phi) is 10.5. The van der Waals surface area contributed by atoms with Gasteiger partial charge in [-0.2, -0.15) is 0 Å². The normalized spacial score (nSPS) is 13.4. The summed E-state index contributed by atoms with van der Waals surface area (Å²) in [6.07, 6.45) is 5.56. The molecule has 4 amide bonds. The van der Waals surface area contributed by atoms with E-state index in [9.17, 15) is 24.0 Å². The van der Waals surface area contributed by atoms with Gasteiger partial charge in [-0.15, -0.1) is 0 Å². The quantitative estimate of drug-likeness (QED) is 0.224. The standard InChI is InChI=1S/C23H32N4O6/c24-22(32)19(10-7-13-28)27-14-17-16(23(27)33)8-6-9-18(17)26-20(30)11-4-2-1-3-5-12-25-21(31)15-29/h6,8-9,13,19,29H,1-5,7,10-12,14-15H2,(H2,24,32)(H,25,31)(H,26,30). The summed E-state index contributed by atoms with van der Waals surface area (Å²) in [5, 5.41) is 14.1. The Morgan fingerprint density at radius 3 is 2.55 bits per heavy atom. The second-order valence-electron chi connectivity index (χ2n) is 8.00. The van der Waals surface area contributed by atoms with Crippen molar-refractivity contribution in [2.75, 3.05) is 18.5 Å². The largest absolute Gasteiger partial charge is 0.387 e. The fraction of sp³-hybridized carbons (Fsp3) is 0.522. The van der Waals surface area contributed by atoms with Crippen LogP contribution < -0.4 is 16.4 Å². The van der Waals surface area contributed by atoms with Crippen molar-refractivity contribution < 1.29 is 29.1 Å². The number of nitrogens with two attached hydrogens (primary N) is 1. The third-order valence-electron chi connectivity index (χ3n) is 5.58. The molecule has 1 aromatic carbocycles. The highest BCUT2D eigenvalue weighted by Crippen LogP contribution is 2.31. The molecule has 0 bridgehead atoms. The summed E-state index contributed by atoms with van der Waals surface area (Å²) in [6.45, 7) is 0.169. The SMILES string of the molecule is NC(=O)C(CCC=O)N1Cc2c(NC(=O)CCCCCCCNC(=O)CO)cccc2C1=O. The molecule has 1 unspecified atom stereocenters. The second-order valence-corrected chi connectivity index (χ2v) is 8.00. The van der Waals surface area contributed by atoms with Crippen LogP contribution in [0.1, 0.15) is 67.3 Å². The van der Waals surface area contributed by atoms with Gasteiger partial charge in [-0.05, 0) is 31.4 Å². The van der Waals surface area contributed by atoms with E-state index in [0.717, 1.165) is 25.7 Å². The number of aldehydes is 1. The lowest BCUT2D eigenvalue weighted by molar-refractivity contribution is -0.124. The van der Waals surface area contributed by atoms with Gasteiger partial charge in [-0.25, -0.2) is 0 Å². The molecule has 2 rings (SSSR count).